The first-order valence-corrected chi connectivity index (χ1v) is 8.45. The summed E-state index contributed by atoms with van der Waals surface area (Å²) < 4.78 is 32.1. The van der Waals surface area contributed by atoms with Crippen molar-refractivity contribution in [3.8, 4) is 5.75 Å². The lowest BCUT2D eigenvalue weighted by Gasteiger charge is -2.17. The predicted octanol–water partition coefficient (Wildman–Crippen LogP) is 3.19. The third-order valence-corrected chi connectivity index (χ3v) is 4.32. The Balaban J connectivity index is 2.56. The minimum absolute atomic E-state index is 0.227. The topological polar surface area (TPSA) is 55.4 Å². The van der Waals surface area contributed by atoms with Gasteiger partial charge >= 0.3 is 0 Å². The van der Waals surface area contributed by atoms with E-state index in [0.29, 0.717) is 18.9 Å². The molecule has 0 aliphatic carbocycles. The van der Waals surface area contributed by atoms with E-state index in [4.69, 9.17) is 4.74 Å². The van der Waals surface area contributed by atoms with E-state index in [2.05, 4.69) is 25.5 Å². The number of sulfonamides is 1. The van der Waals surface area contributed by atoms with Crippen molar-refractivity contribution in [3.63, 3.8) is 0 Å². The van der Waals surface area contributed by atoms with Gasteiger partial charge in [-0.15, -0.1) is 0 Å². The third-order valence-electron chi connectivity index (χ3n) is 2.84. The molecule has 0 aliphatic heterocycles. The van der Waals surface area contributed by atoms with Gasteiger partial charge in [0.2, 0.25) is 10.0 Å². The lowest BCUT2D eigenvalue weighted by molar-refractivity contribution is 0.340. The average Bonchev–Trinajstić information content (AvgIpc) is 2.35. The van der Waals surface area contributed by atoms with E-state index in [-0.39, 0.29) is 10.3 Å². The minimum Gasteiger partial charge on any atom is -0.494 e. The first kappa shape index (κ1) is 17.0. The Bertz CT molecular complexity index is 501. The highest BCUT2D eigenvalue weighted by Crippen LogP contribution is 2.20. The lowest BCUT2D eigenvalue weighted by Crippen LogP contribution is -2.25. The second-order valence-corrected chi connectivity index (χ2v) is 7.73. The van der Waals surface area contributed by atoms with Crippen LogP contribution in [0.3, 0.4) is 0 Å². The third kappa shape index (κ3) is 5.92. The van der Waals surface area contributed by atoms with Gasteiger partial charge in [0.15, 0.2) is 0 Å². The van der Waals surface area contributed by atoms with Crippen molar-refractivity contribution < 1.29 is 13.2 Å². The molecule has 4 nitrogen and oxygen atoms in total. The van der Waals surface area contributed by atoms with E-state index in [0.717, 1.165) is 12.8 Å². The van der Waals surface area contributed by atoms with E-state index < -0.39 is 10.0 Å². The maximum absolute atomic E-state index is 12.1. The van der Waals surface area contributed by atoms with Gasteiger partial charge in [-0.05, 0) is 49.4 Å². The fraction of sp³-hybridized carbons (Fsp3) is 0.600. The van der Waals surface area contributed by atoms with Crippen LogP contribution in [-0.2, 0) is 10.0 Å². The molecule has 0 spiro atoms. The summed E-state index contributed by atoms with van der Waals surface area (Å²) in [5.74, 6) is 0.680. The number of benzene rings is 1. The van der Waals surface area contributed by atoms with E-state index in [1.54, 1.807) is 24.3 Å². The molecule has 20 heavy (non-hydrogen) atoms. The minimum atomic E-state index is -3.42. The van der Waals surface area contributed by atoms with Crippen molar-refractivity contribution in [1.29, 1.82) is 0 Å². The molecule has 1 aromatic rings. The fourth-order valence-electron chi connectivity index (χ4n) is 1.79. The summed E-state index contributed by atoms with van der Waals surface area (Å²) in [5, 5.41) is 0. The van der Waals surface area contributed by atoms with Crippen LogP contribution in [0, 0.1) is 5.41 Å². The summed E-state index contributed by atoms with van der Waals surface area (Å²) in [5.41, 5.74) is 0.227. The Hall–Kier alpha value is -1.07. The molecule has 0 fully saturated rings. The van der Waals surface area contributed by atoms with Crippen LogP contribution in [0.5, 0.6) is 5.75 Å². The first-order chi connectivity index (χ1) is 9.24. The van der Waals surface area contributed by atoms with Crippen molar-refractivity contribution in [2.75, 3.05) is 13.2 Å². The Morgan fingerprint density at radius 2 is 1.75 bits per heavy atom. The van der Waals surface area contributed by atoms with Gasteiger partial charge in [0.05, 0.1) is 11.5 Å². The highest BCUT2D eigenvalue weighted by Gasteiger charge is 2.14. The van der Waals surface area contributed by atoms with Crippen molar-refractivity contribution in [1.82, 2.24) is 4.72 Å². The second kappa shape index (κ2) is 7.09. The summed E-state index contributed by atoms with van der Waals surface area (Å²) in [4.78, 5) is 0.275. The van der Waals surface area contributed by atoms with Crippen LogP contribution < -0.4 is 9.46 Å². The molecule has 0 bridgehead atoms. The summed E-state index contributed by atoms with van der Waals surface area (Å²) in [6.45, 7) is 9.36. The van der Waals surface area contributed by atoms with Crippen LogP contribution in [0.15, 0.2) is 29.2 Å². The molecule has 0 heterocycles. The van der Waals surface area contributed by atoms with E-state index >= 15 is 0 Å². The molecule has 1 N–H and O–H groups in total. The van der Waals surface area contributed by atoms with E-state index in [1.807, 2.05) is 6.92 Å². The quantitative estimate of drug-likeness (QED) is 0.787. The Morgan fingerprint density at radius 3 is 2.25 bits per heavy atom. The largest absolute Gasteiger partial charge is 0.494 e. The number of hydrogen-bond acceptors (Lipinski definition) is 3. The molecule has 114 valence electrons. The predicted molar refractivity (Wildman–Crippen MR) is 81.5 cm³/mol. The zero-order chi connectivity index (χ0) is 15.2. The van der Waals surface area contributed by atoms with E-state index in [9.17, 15) is 8.42 Å². The maximum atomic E-state index is 12.1. The monoisotopic (exact) mass is 299 g/mol. The first-order valence-electron chi connectivity index (χ1n) is 6.97. The Labute approximate surface area is 122 Å². The molecule has 1 aromatic carbocycles. The fourth-order valence-corrected chi connectivity index (χ4v) is 2.86. The zero-order valence-electron chi connectivity index (χ0n) is 12.8. The molecule has 0 amide bonds. The van der Waals surface area contributed by atoms with Gasteiger partial charge in [-0.2, -0.15) is 0 Å². The van der Waals surface area contributed by atoms with Gasteiger partial charge in [0.1, 0.15) is 5.75 Å². The smallest absolute Gasteiger partial charge is 0.240 e. The van der Waals surface area contributed by atoms with Crippen LogP contribution in [0.2, 0.25) is 0 Å². The number of nitrogens with one attached hydrogen (secondary N) is 1. The molecule has 1 rings (SSSR count). The molecule has 0 saturated heterocycles. The number of ether oxygens (including phenoxy) is 1. The van der Waals surface area contributed by atoms with Gasteiger partial charge in [0, 0.05) is 6.54 Å². The summed E-state index contributed by atoms with van der Waals surface area (Å²) in [7, 11) is -3.42. The van der Waals surface area contributed by atoms with Crippen molar-refractivity contribution in [2.45, 2.75) is 45.4 Å². The zero-order valence-corrected chi connectivity index (χ0v) is 13.6. The molecule has 0 unspecified atom stereocenters. The summed E-state index contributed by atoms with van der Waals surface area (Å²) in [6, 6.07) is 6.48. The van der Waals surface area contributed by atoms with Gasteiger partial charge < -0.3 is 4.74 Å². The molecular formula is C15H25NO3S. The Morgan fingerprint density at radius 1 is 1.15 bits per heavy atom. The van der Waals surface area contributed by atoms with Gasteiger partial charge in [-0.3, -0.25) is 0 Å². The SMILES string of the molecule is CCOc1ccc(S(=O)(=O)NCCCC(C)(C)C)cc1. The van der Waals surface area contributed by atoms with Crippen LogP contribution in [-0.4, -0.2) is 21.6 Å². The highest BCUT2D eigenvalue weighted by atomic mass is 32.2. The number of hydrogen-bond donors (Lipinski definition) is 1. The molecular weight excluding hydrogens is 274 g/mol. The molecule has 0 aliphatic rings. The summed E-state index contributed by atoms with van der Waals surface area (Å²) >= 11 is 0. The molecule has 0 saturated carbocycles. The van der Waals surface area contributed by atoms with Crippen LogP contribution >= 0.6 is 0 Å². The normalized spacial score (nSPS) is 12.4. The van der Waals surface area contributed by atoms with Crippen molar-refractivity contribution >= 4 is 10.0 Å². The Kier molecular flexibility index (Phi) is 6.02. The van der Waals surface area contributed by atoms with Gasteiger partial charge in [-0.25, -0.2) is 13.1 Å². The number of rotatable bonds is 7. The molecule has 0 radical (unpaired) electrons. The molecule has 0 atom stereocenters. The second-order valence-electron chi connectivity index (χ2n) is 5.97. The van der Waals surface area contributed by atoms with Crippen LogP contribution in [0.1, 0.15) is 40.5 Å². The van der Waals surface area contributed by atoms with E-state index in [1.165, 1.54) is 0 Å². The van der Waals surface area contributed by atoms with Gasteiger partial charge in [-0.1, -0.05) is 20.8 Å². The molecule has 0 aromatic heterocycles. The van der Waals surface area contributed by atoms with Crippen molar-refractivity contribution in [3.05, 3.63) is 24.3 Å². The standard InChI is InChI=1S/C15H25NO3S/c1-5-19-13-7-9-14(10-8-13)20(17,18)16-12-6-11-15(2,3)4/h7-10,16H,5-6,11-12H2,1-4H3. The summed E-state index contributed by atoms with van der Waals surface area (Å²) in [6.07, 6.45) is 1.82. The molecule has 5 heteroatoms. The van der Waals surface area contributed by atoms with Crippen LogP contribution in [0.4, 0.5) is 0 Å². The highest BCUT2D eigenvalue weighted by molar-refractivity contribution is 7.89. The van der Waals surface area contributed by atoms with Crippen LogP contribution in [0.25, 0.3) is 0 Å². The van der Waals surface area contributed by atoms with Gasteiger partial charge in [0.25, 0.3) is 0 Å². The average molecular weight is 299 g/mol. The maximum Gasteiger partial charge on any atom is 0.240 e. The van der Waals surface area contributed by atoms with Crippen molar-refractivity contribution in [2.24, 2.45) is 5.41 Å². The lowest BCUT2D eigenvalue weighted by atomic mass is 9.91.